The Balaban J connectivity index is 1.83. The van der Waals surface area contributed by atoms with Gasteiger partial charge in [0.15, 0.2) is 0 Å². The molecule has 0 unspecified atom stereocenters. The minimum absolute atomic E-state index is 0.0830. The molecule has 1 fully saturated rings. The third-order valence-electron chi connectivity index (χ3n) is 3.48. The van der Waals surface area contributed by atoms with E-state index in [0.717, 1.165) is 19.1 Å². The molecule has 0 saturated heterocycles. The first kappa shape index (κ1) is 13.8. The lowest BCUT2D eigenvalue weighted by atomic mass is 10.1. The van der Waals surface area contributed by atoms with Crippen molar-refractivity contribution in [3.63, 3.8) is 0 Å². The Morgan fingerprint density at radius 3 is 2.79 bits per heavy atom. The molecule has 1 aromatic carbocycles. The van der Waals surface area contributed by atoms with Crippen LogP contribution < -0.4 is 16.6 Å². The van der Waals surface area contributed by atoms with Crippen molar-refractivity contribution in [2.75, 3.05) is 25.1 Å². The van der Waals surface area contributed by atoms with Crippen LogP contribution in [0.3, 0.4) is 0 Å². The number of hydrogen-bond acceptors (Lipinski definition) is 4. The van der Waals surface area contributed by atoms with Gasteiger partial charge in [-0.3, -0.25) is 15.5 Å². The van der Waals surface area contributed by atoms with E-state index in [1.165, 1.54) is 12.8 Å². The normalized spacial score (nSPS) is 14.5. The first-order valence-corrected chi connectivity index (χ1v) is 6.84. The van der Waals surface area contributed by atoms with Crippen LogP contribution >= 0.6 is 0 Å². The van der Waals surface area contributed by atoms with Crippen LogP contribution in [0.5, 0.6) is 0 Å². The predicted octanol–water partition coefficient (Wildman–Crippen LogP) is 1.19. The highest BCUT2D eigenvalue weighted by Crippen LogP contribution is 2.25. The van der Waals surface area contributed by atoms with Gasteiger partial charge in [0.1, 0.15) is 0 Å². The topological polar surface area (TPSA) is 70.4 Å². The van der Waals surface area contributed by atoms with Gasteiger partial charge in [0, 0.05) is 19.1 Å². The number of hydrazine groups is 1. The fourth-order valence-electron chi connectivity index (χ4n) is 2.25. The SMILES string of the molecule is CCN(CCNC(=O)c1ccccc1NN)C1CC1. The summed E-state index contributed by atoms with van der Waals surface area (Å²) in [5.74, 6) is 5.31. The highest BCUT2D eigenvalue weighted by molar-refractivity contribution is 5.99. The number of nitrogens with two attached hydrogens (primary N) is 1. The number of nitrogens with one attached hydrogen (secondary N) is 2. The summed E-state index contributed by atoms with van der Waals surface area (Å²) in [6.07, 6.45) is 2.59. The number of hydrogen-bond donors (Lipinski definition) is 3. The summed E-state index contributed by atoms with van der Waals surface area (Å²) >= 11 is 0. The zero-order chi connectivity index (χ0) is 13.7. The Morgan fingerprint density at radius 1 is 1.42 bits per heavy atom. The van der Waals surface area contributed by atoms with Crippen molar-refractivity contribution >= 4 is 11.6 Å². The van der Waals surface area contributed by atoms with E-state index in [1.54, 1.807) is 12.1 Å². The number of benzene rings is 1. The van der Waals surface area contributed by atoms with Gasteiger partial charge in [0.25, 0.3) is 5.91 Å². The van der Waals surface area contributed by atoms with Gasteiger partial charge in [0.2, 0.25) is 0 Å². The number of nitrogens with zero attached hydrogens (tertiary/aromatic N) is 1. The number of rotatable bonds is 7. The summed E-state index contributed by atoms with van der Waals surface area (Å²) in [6, 6.07) is 7.97. The largest absolute Gasteiger partial charge is 0.351 e. The van der Waals surface area contributed by atoms with E-state index in [9.17, 15) is 4.79 Å². The first-order valence-electron chi connectivity index (χ1n) is 6.84. The monoisotopic (exact) mass is 262 g/mol. The van der Waals surface area contributed by atoms with Crippen molar-refractivity contribution in [1.29, 1.82) is 0 Å². The molecule has 19 heavy (non-hydrogen) atoms. The van der Waals surface area contributed by atoms with E-state index in [4.69, 9.17) is 5.84 Å². The molecule has 0 atom stereocenters. The second kappa shape index (κ2) is 6.54. The average molecular weight is 262 g/mol. The van der Waals surface area contributed by atoms with Crippen molar-refractivity contribution in [2.45, 2.75) is 25.8 Å². The molecule has 1 aliphatic carbocycles. The van der Waals surface area contributed by atoms with Crippen molar-refractivity contribution in [3.8, 4) is 0 Å². The predicted molar refractivity (Wildman–Crippen MR) is 76.9 cm³/mol. The molecule has 1 amide bonds. The Morgan fingerprint density at radius 2 is 2.16 bits per heavy atom. The maximum atomic E-state index is 12.1. The van der Waals surface area contributed by atoms with Crippen LogP contribution in [0.4, 0.5) is 5.69 Å². The van der Waals surface area contributed by atoms with E-state index in [-0.39, 0.29) is 5.91 Å². The van der Waals surface area contributed by atoms with Gasteiger partial charge in [-0.25, -0.2) is 0 Å². The Hall–Kier alpha value is -1.59. The molecule has 0 aliphatic heterocycles. The van der Waals surface area contributed by atoms with Crippen molar-refractivity contribution in [2.24, 2.45) is 5.84 Å². The summed E-state index contributed by atoms with van der Waals surface area (Å²) in [5, 5.41) is 2.94. The van der Waals surface area contributed by atoms with E-state index < -0.39 is 0 Å². The maximum absolute atomic E-state index is 12.1. The second-order valence-electron chi connectivity index (χ2n) is 4.81. The maximum Gasteiger partial charge on any atom is 0.253 e. The number of amides is 1. The van der Waals surface area contributed by atoms with Crippen LogP contribution in [0, 0.1) is 0 Å². The molecule has 0 aromatic heterocycles. The quantitative estimate of drug-likeness (QED) is 0.510. The number of likely N-dealkylation sites (N-methyl/N-ethyl adjacent to an activating group) is 1. The van der Waals surface area contributed by atoms with Gasteiger partial charge in [0.05, 0.1) is 11.3 Å². The number of anilines is 1. The molecule has 2 rings (SSSR count). The molecular weight excluding hydrogens is 240 g/mol. The molecule has 1 saturated carbocycles. The molecule has 0 heterocycles. The Labute approximate surface area is 114 Å². The Bertz CT molecular complexity index is 431. The third-order valence-corrected chi connectivity index (χ3v) is 3.48. The van der Waals surface area contributed by atoms with Gasteiger partial charge < -0.3 is 10.7 Å². The molecule has 1 aliphatic rings. The fraction of sp³-hybridized carbons (Fsp3) is 0.500. The van der Waals surface area contributed by atoms with Crippen LogP contribution in [-0.2, 0) is 0 Å². The number of nitrogen functional groups attached to an aromatic ring is 1. The minimum atomic E-state index is -0.0830. The number of para-hydroxylation sites is 1. The van der Waals surface area contributed by atoms with Gasteiger partial charge in [-0.15, -0.1) is 0 Å². The second-order valence-corrected chi connectivity index (χ2v) is 4.81. The molecule has 1 aromatic rings. The van der Waals surface area contributed by atoms with Crippen LogP contribution in [-0.4, -0.2) is 36.5 Å². The Kier molecular flexibility index (Phi) is 4.76. The standard InChI is InChI=1S/C14H22N4O/c1-2-18(11-7-8-11)10-9-16-14(19)12-5-3-4-6-13(12)17-15/h3-6,11,17H,2,7-10,15H2,1H3,(H,16,19). The molecule has 0 radical (unpaired) electrons. The summed E-state index contributed by atoms with van der Waals surface area (Å²) in [6.45, 7) is 4.78. The summed E-state index contributed by atoms with van der Waals surface area (Å²) in [7, 11) is 0. The molecular formula is C14H22N4O. The zero-order valence-electron chi connectivity index (χ0n) is 11.4. The number of carbonyl (C=O) groups is 1. The summed E-state index contributed by atoms with van der Waals surface area (Å²) < 4.78 is 0. The van der Waals surface area contributed by atoms with Gasteiger partial charge in [-0.05, 0) is 31.5 Å². The van der Waals surface area contributed by atoms with Crippen molar-refractivity contribution in [1.82, 2.24) is 10.2 Å². The van der Waals surface area contributed by atoms with E-state index >= 15 is 0 Å². The number of carbonyl (C=O) groups excluding carboxylic acids is 1. The molecule has 5 heteroatoms. The van der Waals surface area contributed by atoms with Crippen LogP contribution in [0.2, 0.25) is 0 Å². The summed E-state index contributed by atoms with van der Waals surface area (Å²) in [5.41, 5.74) is 3.77. The lowest BCUT2D eigenvalue weighted by Crippen LogP contribution is -2.36. The van der Waals surface area contributed by atoms with Crippen molar-refractivity contribution < 1.29 is 4.79 Å². The third kappa shape index (κ3) is 3.68. The smallest absolute Gasteiger partial charge is 0.253 e. The van der Waals surface area contributed by atoms with Gasteiger partial charge in [-0.1, -0.05) is 19.1 Å². The molecule has 0 bridgehead atoms. The van der Waals surface area contributed by atoms with Crippen LogP contribution in [0.1, 0.15) is 30.1 Å². The highest BCUT2D eigenvalue weighted by atomic mass is 16.1. The van der Waals surface area contributed by atoms with Gasteiger partial charge >= 0.3 is 0 Å². The first-order chi connectivity index (χ1) is 9.26. The van der Waals surface area contributed by atoms with Crippen LogP contribution in [0.25, 0.3) is 0 Å². The molecule has 104 valence electrons. The molecule has 4 N–H and O–H groups in total. The van der Waals surface area contributed by atoms with Gasteiger partial charge in [-0.2, -0.15) is 0 Å². The zero-order valence-corrected chi connectivity index (χ0v) is 11.4. The molecule has 5 nitrogen and oxygen atoms in total. The van der Waals surface area contributed by atoms with Crippen LogP contribution in [0.15, 0.2) is 24.3 Å². The van der Waals surface area contributed by atoms with E-state index in [1.807, 2.05) is 12.1 Å². The highest BCUT2D eigenvalue weighted by Gasteiger charge is 2.27. The molecule has 0 spiro atoms. The average Bonchev–Trinajstić information content (AvgIpc) is 3.28. The summed E-state index contributed by atoms with van der Waals surface area (Å²) in [4.78, 5) is 14.5. The lowest BCUT2D eigenvalue weighted by Gasteiger charge is -2.20. The van der Waals surface area contributed by atoms with Crippen molar-refractivity contribution in [3.05, 3.63) is 29.8 Å². The van der Waals surface area contributed by atoms with E-state index in [2.05, 4.69) is 22.6 Å². The lowest BCUT2D eigenvalue weighted by molar-refractivity contribution is 0.0948. The minimum Gasteiger partial charge on any atom is -0.351 e. The van der Waals surface area contributed by atoms with E-state index in [0.29, 0.717) is 17.8 Å². The fourth-order valence-corrected chi connectivity index (χ4v) is 2.25.